The highest BCUT2D eigenvalue weighted by Crippen LogP contribution is 2.49. The zero-order valence-corrected chi connectivity index (χ0v) is 17.9. The Morgan fingerprint density at radius 2 is 1.61 bits per heavy atom. The molecule has 1 heterocycles. The molecule has 0 bridgehead atoms. The van der Waals surface area contributed by atoms with E-state index in [1.54, 1.807) is 42.5 Å². The summed E-state index contributed by atoms with van der Waals surface area (Å²) in [6, 6.07) is 18.8. The standard InChI is InChI=1S/C26H22N2O5/c1-33-22-14-16(12-13-19(22)26(31)32)28-24(15-10-11-15)23(17-6-2-4-8-20(17)29)27-25(28)18-7-3-5-9-21(18)30/h2-9,12-15,29-30H,10-11H2,1H3,(H,31,32). The van der Waals surface area contributed by atoms with Gasteiger partial charge in [0, 0.05) is 17.5 Å². The summed E-state index contributed by atoms with van der Waals surface area (Å²) in [4.78, 5) is 16.5. The van der Waals surface area contributed by atoms with E-state index in [9.17, 15) is 20.1 Å². The highest BCUT2D eigenvalue weighted by Gasteiger charge is 2.35. The molecular weight excluding hydrogens is 420 g/mol. The van der Waals surface area contributed by atoms with Crippen LogP contribution < -0.4 is 4.74 Å². The maximum Gasteiger partial charge on any atom is 0.339 e. The number of methoxy groups -OCH3 is 1. The molecule has 1 saturated carbocycles. The number of phenolic OH excluding ortho intramolecular Hbond substituents is 2. The van der Waals surface area contributed by atoms with Crippen LogP contribution in [0.5, 0.6) is 17.2 Å². The largest absolute Gasteiger partial charge is 0.507 e. The molecule has 0 amide bonds. The number of phenols is 2. The summed E-state index contributed by atoms with van der Waals surface area (Å²) in [7, 11) is 1.43. The van der Waals surface area contributed by atoms with Crippen molar-refractivity contribution in [3.63, 3.8) is 0 Å². The zero-order valence-electron chi connectivity index (χ0n) is 17.9. The third kappa shape index (κ3) is 3.57. The van der Waals surface area contributed by atoms with Crippen molar-refractivity contribution in [3.05, 3.63) is 78.0 Å². The lowest BCUT2D eigenvalue weighted by atomic mass is 10.1. The highest BCUT2D eigenvalue weighted by atomic mass is 16.5. The molecule has 1 aliphatic rings. The molecule has 0 unspecified atom stereocenters. The summed E-state index contributed by atoms with van der Waals surface area (Å²) in [5.74, 6) is 0.0519. The van der Waals surface area contributed by atoms with Crippen LogP contribution in [0.1, 0.15) is 34.8 Å². The Morgan fingerprint density at radius 1 is 0.970 bits per heavy atom. The van der Waals surface area contributed by atoms with Crippen molar-refractivity contribution in [2.45, 2.75) is 18.8 Å². The molecule has 0 saturated heterocycles. The Balaban J connectivity index is 1.84. The minimum atomic E-state index is -1.08. The lowest BCUT2D eigenvalue weighted by Gasteiger charge is -2.15. The maximum absolute atomic E-state index is 11.6. The summed E-state index contributed by atoms with van der Waals surface area (Å²) < 4.78 is 7.29. The van der Waals surface area contributed by atoms with Gasteiger partial charge in [-0.25, -0.2) is 9.78 Å². The summed E-state index contributed by atoms with van der Waals surface area (Å²) >= 11 is 0. The number of benzene rings is 3. The molecule has 3 aromatic carbocycles. The van der Waals surface area contributed by atoms with Crippen molar-refractivity contribution < 1.29 is 24.9 Å². The van der Waals surface area contributed by atoms with Gasteiger partial charge in [-0.1, -0.05) is 24.3 Å². The van der Waals surface area contributed by atoms with Gasteiger partial charge < -0.3 is 20.1 Å². The van der Waals surface area contributed by atoms with E-state index in [4.69, 9.17) is 9.72 Å². The van der Waals surface area contributed by atoms with Gasteiger partial charge >= 0.3 is 5.97 Å². The minimum absolute atomic E-state index is 0.0550. The number of para-hydroxylation sites is 2. The van der Waals surface area contributed by atoms with E-state index in [-0.39, 0.29) is 28.7 Å². The second-order valence-corrected chi connectivity index (χ2v) is 8.00. The molecule has 1 aromatic heterocycles. The first-order valence-electron chi connectivity index (χ1n) is 10.6. The molecule has 0 spiro atoms. The van der Waals surface area contributed by atoms with E-state index in [2.05, 4.69) is 0 Å². The van der Waals surface area contributed by atoms with E-state index in [1.807, 2.05) is 22.8 Å². The first-order chi connectivity index (χ1) is 16.0. The van der Waals surface area contributed by atoms with Gasteiger partial charge in [0.1, 0.15) is 28.6 Å². The Kier molecular flexibility index (Phi) is 5.01. The first kappa shape index (κ1) is 20.6. The second-order valence-electron chi connectivity index (χ2n) is 8.00. The van der Waals surface area contributed by atoms with Crippen molar-refractivity contribution in [2.24, 2.45) is 0 Å². The fraction of sp³-hybridized carbons (Fsp3) is 0.154. The average Bonchev–Trinajstić information content (AvgIpc) is 3.59. The summed E-state index contributed by atoms with van der Waals surface area (Å²) in [6.07, 6.45) is 1.94. The molecule has 1 fully saturated rings. The Hall–Kier alpha value is -4.26. The minimum Gasteiger partial charge on any atom is -0.507 e. The third-order valence-electron chi connectivity index (χ3n) is 5.85. The molecule has 1 aliphatic carbocycles. The van der Waals surface area contributed by atoms with Gasteiger partial charge in [0.15, 0.2) is 0 Å². The Morgan fingerprint density at radius 3 is 2.18 bits per heavy atom. The van der Waals surface area contributed by atoms with Crippen LogP contribution in [0.2, 0.25) is 0 Å². The highest BCUT2D eigenvalue weighted by molar-refractivity contribution is 5.91. The molecule has 4 aromatic rings. The lowest BCUT2D eigenvalue weighted by Crippen LogP contribution is -2.06. The maximum atomic E-state index is 11.6. The van der Waals surface area contributed by atoms with Crippen LogP contribution in [0, 0.1) is 0 Å². The van der Waals surface area contributed by atoms with Crippen LogP contribution >= 0.6 is 0 Å². The summed E-state index contributed by atoms with van der Waals surface area (Å²) in [5, 5.41) is 30.7. The van der Waals surface area contributed by atoms with Gasteiger partial charge in [-0.05, 0) is 49.2 Å². The summed E-state index contributed by atoms with van der Waals surface area (Å²) in [5.41, 5.74) is 3.38. The number of imidazole rings is 1. The van der Waals surface area contributed by atoms with E-state index < -0.39 is 5.97 Å². The van der Waals surface area contributed by atoms with Gasteiger partial charge in [-0.3, -0.25) is 4.57 Å². The number of carboxylic acid groups (broad SMARTS) is 1. The van der Waals surface area contributed by atoms with Crippen LogP contribution in [0.3, 0.4) is 0 Å². The van der Waals surface area contributed by atoms with E-state index in [0.717, 1.165) is 18.5 Å². The predicted octanol–water partition coefficient (Wildman–Crippen LogP) is 5.20. The van der Waals surface area contributed by atoms with Crippen LogP contribution in [0.25, 0.3) is 28.3 Å². The zero-order chi connectivity index (χ0) is 23.1. The molecule has 33 heavy (non-hydrogen) atoms. The molecular formula is C26H22N2O5. The second kappa shape index (κ2) is 8.02. The number of ether oxygens (including phenoxy) is 1. The molecule has 3 N–H and O–H groups in total. The van der Waals surface area contributed by atoms with Crippen molar-refractivity contribution >= 4 is 5.97 Å². The van der Waals surface area contributed by atoms with Gasteiger partial charge in [0.25, 0.3) is 0 Å². The van der Waals surface area contributed by atoms with Crippen molar-refractivity contribution in [1.82, 2.24) is 9.55 Å². The Labute approximate surface area is 190 Å². The molecule has 166 valence electrons. The number of hydrogen-bond donors (Lipinski definition) is 3. The van der Waals surface area contributed by atoms with E-state index in [0.29, 0.717) is 28.3 Å². The molecule has 0 aliphatic heterocycles. The van der Waals surface area contributed by atoms with Crippen molar-refractivity contribution in [2.75, 3.05) is 7.11 Å². The quantitative estimate of drug-likeness (QED) is 0.379. The SMILES string of the molecule is COc1cc(-n2c(-c3ccccc3O)nc(-c3ccccc3O)c2C2CC2)ccc1C(=O)O. The normalized spacial score (nSPS) is 13.1. The number of aromatic carboxylic acids is 1. The summed E-state index contributed by atoms with van der Waals surface area (Å²) in [6.45, 7) is 0. The smallest absolute Gasteiger partial charge is 0.339 e. The van der Waals surface area contributed by atoms with Gasteiger partial charge in [0.05, 0.1) is 29.7 Å². The molecule has 7 heteroatoms. The fourth-order valence-electron chi connectivity index (χ4n) is 4.14. The number of hydrogen-bond acceptors (Lipinski definition) is 5. The third-order valence-corrected chi connectivity index (χ3v) is 5.85. The monoisotopic (exact) mass is 442 g/mol. The number of nitrogens with zero attached hydrogens (tertiary/aromatic N) is 2. The lowest BCUT2D eigenvalue weighted by molar-refractivity contribution is 0.0693. The van der Waals surface area contributed by atoms with Crippen molar-refractivity contribution in [3.8, 4) is 45.6 Å². The number of carboxylic acids is 1. The predicted molar refractivity (Wildman–Crippen MR) is 123 cm³/mol. The number of aromatic nitrogens is 2. The Bertz CT molecular complexity index is 1370. The molecule has 0 atom stereocenters. The van der Waals surface area contributed by atoms with Gasteiger partial charge in [0.2, 0.25) is 0 Å². The van der Waals surface area contributed by atoms with Crippen molar-refractivity contribution in [1.29, 1.82) is 0 Å². The number of rotatable bonds is 6. The van der Waals surface area contributed by atoms with E-state index in [1.165, 1.54) is 13.2 Å². The van der Waals surface area contributed by atoms with Crippen LogP contribution in [-0.2, 0) is 0 Å². The molecule has 0 radical (unpaired) electrons. The molecule has 7 nitrogen and oxygen atoms in total. The van der Waals surface area contributed by atoms with Gasteiger partial charge in [-0.2, -0.15) is 0 Å². The van der Waals surface area contributed by atoms with Crippen LogP contribution in [0.4, 0.5) is 0 Å². The van der Waals surface area contributed by atoms with Gasteiger partial charge in [-0.15, -0.1) is 0 Å². The molecule has 5 rings (SSSR count). The number of aromatic hydroxyl groups is 2. The van der Waals surface area contributed by atoms with Crippen LogP contribution in [-0.4, -0.2) is 37.9 Å². The average molecular weight is 442 g/mol. The van der Waals surface area contributed by atoms with E-state index >= 15 is 0 Å². The number of carbonyl (C=O) groups is 1. The van der Waals surface area contributed by atoms with Crippen LogP contribution in [0.15, 0.2) is 66.7 Å². The fourth-order valence-corrected chi connectivity index (χ4v) is 4.14. The topological polar surface area (TPSA) is 105 Å². The first-order valence-corrected chi connectivity index (χ1v) is 10.6.